The molecule has 0 aliphatic carbocycles. The van der Waals surface area contributed by atoms with Gasteiger partial charge in [-0.25, -0.2) is 0 Å². The molecule has 3 heterocycles. The predicted molar refractivity (Wildman–Crippen MR) is 530 cm³/mol. The minimum Gasteiger partial charge on any atom is -0.455 e. The van der Waals surface area contributed by atoms with Crippen LogP contribution < -0.4 is 0 Å². The molecule has 0 N–H and O–H groups in total. The van der Waals surface area contributed by atoms with Gasteiger partial charge in [-0.05, 0) is 258 Å². The van der Waals surface area contributed by atoms with Gasteiger partial charge >= 0.3 is 0 Å². The van der Waals surface area contributed by atoms with Crippen LogP contribution in [0.15, 0.2) is 438 Å². The molecule has 0 aliphatic heterocycles. The fourth-order valence-electron chi connectivity index (χ4n) is 21.8. The van der Waals surface area contributed by atoms with Gasteiger partial charge < -0.3 is 13.3 Å². The second kappa shape index (κ2) is 27.0. The van der Waals surface area contributed by atoms with Crippen molar-refractivity contribution in [3.05, 3.63) is 425 Å². The fourth-order valence-corrected chi connectivity index (χ4v) is 21.8. The van der Waals surface area contributed by atoms with Crippen LogP contribution in [0.1, 0.15) is 0 Å². The maximum absolute atomic E-state index is 7.62. The molecule has 3 nitrogen and oxygen atoms in total. The molecule has 24 aromatic carbocycles. The normalized spacial score (nSPS) is 12.2. The van der Waals surface area contributed by atoms with Crippen LogP contribution in [0.4, 0.5) is 0 Å². The highest BCUT2D eigenvalue weighted by atomic mass is 16.3. The van der Waals surface area contributed by atoms with Gasteiger partial charge in [0.15, 0.2) is 0 Å². The van der Waals surface area contributed by atoms with E-state index < -0.39 is 0 Å². The summed E-state index contributed by atoms with van der Waals surface area (Å²) >= 11 is 0. The zero-order valence-corrected chi connectivity index (χ0v) is 67.6. The largest absolute Gasteiger partial charge is 0.455 e. The first-order valence-electron chi connectivity index (χ1n) is 43.2. The van der Waals surface area contributed by atoms with Gasteiger partial charge in [0.1, 0.15) is 33.5 Å². The number of fused-ring (bicyclic) bond motifs is 23. The van der Waals surface area contributed by atoms with E-state index in [1.165, 1.54) is 98.5 Å². The Bertz CT molecular complexity index is 9210. The van der Waals surface area contributed by atoms with Crippen LogP contribution in [0.25, 0.3) is 284 Å². The summed E-state index contributed by atoms with van der Waals surface area (Å²) in [6.45, 7) is 0. The Hall–Kier alpha value is -16.5. The van der Waals surface area contributed by atoms with Crippen molar-refractivity contribution < 1.29 is 13.3 Å². The van der Waals surface area contributed by atoms with Crippen molar-refractivity contribution in [3.63, 3.8) is 0 Å². The van der Waals surface area contributed by atoms with E-state index >= 15 is 0 Å². The van der Waals surface area contributed by atoms with Gasteiger partial charge in [-0.3, -0.25) is 0 Å². The second-order valence-corrected chi connectivity index (χ2v) is 33.7. The average Bonchev–Trinajstić information content (AvgIpc) is 1.70. The molecule has 0 unspecified atom stereocenters. The molecule has 27 aromatic rings. The maximum atomic E-state index is 7.62. The first kappa shape index (κ1) is 69.3. The van der Waals surface area contributed by atoms with Gasteiger partial charge in [0.2, 0.25) is 0 Å². The van der Waals surface area contributed by atoms with Crippen molar-refractivity contribution in [2.45, 2.75) is 0 Å². The topological polar surface area (TPSA) is 39.4 Å². The van der Waals surface area contributed by atoms with Crippen molar-refractivity contribution in [3.8, 4) is 100 Å². The van der Waals surface area contributed by atoms with E-state index in [2.05, 4.69) is 425 Å². The van der Waals surface area contributed by atoms with E-state index in [9.17, 15) is 0 Å². The van der Waals surface area contributed by atoms with Crippen LogP contribution >= 0.6 is 0 Å². The molecular weight excluding hydrogens is 1510 g/mol. The average molecular weight is 1580 g/mol. The molecule has 0 saturated carbocycles. The highest BCUT2D eigenvalue weighted by molar-refractivity contribution is 6.33. The van der Waals surface area contributed by atoms with E-state index in [0.717, 1.165) is 186 Å². The lowest BCUT2D eigenvalue weighted by molar-refractivity contribution is 0.672. The molecule has 0 amide bonds. The number of hydrogen-bond acceptors (Lipinski definition) is 3. The SMILES string of the molecule is c1ccc(-c2cccc(-c3c4ccccc4c(-c4ccc(-c5ccc(-c6c7ccccc7c(-c7cc(-c8ccc9cc(-c%10c%11ccccc%11c(-c%11cccc%12oc%13c%14ccccc%14ccc%13c%11%12)c%11ccccc%10%11)ccc9c8)cc8oc9c%10ccccc%10ccc9c78)c7ccccc67)c6ccccc56)c5oc6c7ccccc7ccc6c45)c4ccccc34)c2)cc1. The van der Waals surface area contributed by atoms with E-state index in [1.54, 1.807) is 0 Å². The molecule has 0 radical (unpaired) electrons. The minimum absolute atomic E-state index is 0.839. The van der Waals surface area contributed by atoms with E-state index in [1.807, 2.05) is 0 Å². The van der Waals surface area contributed by atoms with Crippen molar-refractivity contribution >= 4 is 184 Å². The summed E-state index contributed by atoms with van der Waals surface area (Å²) in [7, 11) is 0. The Morgan fingerprint density at radius 1 is 0.120 bits per heavy atom. The second-order valence-electron chi connectivity index (χ2n) is 33.7. The van der Waals surface area contributed by atoms with Crippen LogP contribution in [0, 0.1) is 0 Å². The van der Waals surface area contributed by atoms with E-state index in [-0.39, 0.29) is 0 Å². The van der Waals surface area contributed by atoms with Crippen LogP contribution in [0.5, 0.6) is 0 Å². The van der Waals surface area contributed by atoms with Gasteiger partial charge in [-0.1, -0.05) is 364 Å². The van der Waals surface area contributed by atoms with Crippen molar-refractivity contribution in [1.29, 1.82) is 0 Å². The summed E-state index contributed by atoms with van der Waals surface area (Å²) in [5.74, 6) is 0. The van der Waals surface area contributed by atoms with Gasteiger partial charge in [0.05, 0.1) is 0 Å². The molecular formula is C122H70O3. The summed E-state index contributed by atoms with van der Waals surface area (Å²) < 4.78 is 21.8. The monoisotopic (exact) mass is 1580 g/mol. The number of rotatable bonds is 9. The van der Waals surface area contributed by atoms with Crippen LogP contribution in [-0.4, -0.2) is 0 Å². The van der Waals surface area contributed by atoms with Crippen LogP contribution in [0.2, 0.25) is 0 Å². The van der Waals surface area contributed by atoms with Gasteiger partial charge in [-0.15, -0.1) is 0 Å². The highest BCUT2D eigenvalue weighted by Gasteiger charge is 2.29. The maximum Gasteiger partial charge on any atom is 0.143 e. The van der Waals surface area contributed by atoms with Gasteiger partial charge in [0, 0.05) is 54.0 Å². The first-order valence-corrected chi connectivity index (χ1v) is 43.2. The van der Waals surface area contributed by atoms with E-state index in [4.69, 9.17) is 13.3 Å². The Morgan fingerprint density at radius 3 is 0.968 bits per heavy atom. The number of furan rings is 3. The molecule has 0 aliphatic rings. The van der Waals surface area contributed by atoms with Crippen molar-refractivity contribution in [1.82, 2.24) is 0 Å². The zero-order chi connectivity index (χ0) is 81.6. The molecule has 0 fully saturated rings. The Morgan fingerprint density at radius 2 is 0.448 bits per heavy atom. The first-order chi connectivity index (χ1) is 62.0. The zero-order valence-electron chi connectivity index (χ0n) is 67.6. The van der Waals surface area contributed by atoms with Crippen molar-refractivity contribution in [2.75, 3.05) is 0 Å². The lowest BCUT2D eigenvalue weighted by Gasteiger charge is -2.21. The van der Waals surface area contributed by atoms with Crippen LogP contribution in [0.3, 0.4) is 0 Å². The van der Waals surface area contributed by atoms with Gasteiger partial charge in [-0.2, -0.15) is 0 Å². The summed E-state index contributed by atoms with van der Waals surface area (Å²) in [4.78, 5) is 0. The molecule has 0 bridgehead atoms. The molecule has 576 valence electrons. The molecule has 3 aromatic heterocycles. The number of hydrogen-bond donors (Lipinski definition) is 0. The molecule has 0 atom stereocenters. The smallest absolute Gasteiger partial charge is 0.143 e. The van der Waals surface area contributed by atoms with Crippen molar-refractivity contribution in [2.24, 2.45) is 0 Å². The Balaban J connectivity index is 0.622. The van der Waals surface area contributed by atoms with Crippen LogP contribution in [-0.2, 0) is 0 Å². The predicted octanol–water partition coefficient (Wildman–Crippen LogP) is 35.1. The third-order valence-electron chi connectivity index (χ3n) is 27.2. The third-order valence-corrected chi connectivity index (χ3v) is 27.2. The Kier molecular flexibility index (Phi) is 15.0. The highest BCUT2D eigenvalue weighted by Crippen LogP contribution is 2.56. The molecule has 0 saturated heterocycles. The summed E-state index contributed by atoms with van der Waals surface area (Å²) in [6.07, 6.45) is 0. The fraction of sp³-hybridized carbons (Fsp3) is 0. The summed E-state index contributed by atoms with van der Waals surface area (Å²) in [5.41, 5.74) is 26.0. The third kappa shape index (κ3) is 10.3. The lowest BCUT2D eigenvalue weighted by atomic mass is 9.82. The summed E-state index contributed by atoms with van der Waals surface area (Å²) in [6, 6.07) is 157. The lowest BCUT2D eigenvalue weighted by Crippen LogP contribution is -1.94. The minimum atomic E-state index is 0.839. The Labute approximate surface area is 717 Å². The quantitative estimate of drug-likeness (QED) is 0.135. The molecule has 27 rings (SSSR count). The standard InChI is InChI=1S/C122H70O3/c1-2-26-71(27-3-1)75-31-24-32-79(67-75)110-88-38-12-18-44-94(88)114(95-45-19-13-39-89(95)110)103-65-64-101(122-118(103)106-61-58-74-30-6-9-35-84(74)121(106)125-122)87-62-63-100(86-37-11-10-36-85(86)87)112-96-46-20-22-48-98(96)115(99-49-23-21-47-97(99)112)107-69-81(70-109-117(107)105-60-57-73-29-5-8-34-83(73)120(105)124-109)78-53-52-77-68-80(55-54-76(77)66-78)111-90-40-14-16-42-92(90)113(93-43-17-15-41-91(93)111)102-50-25-51-108-116(102)104-59-56-72-28-4-7-33-82(72)119(104)123-108/h1-70H. The molecule has 3 heteroatoms. The number of benzene rings is 24. The van der Waals surface area contributed by atoms with E-state index in [0.29, 0.717) is 0 Å². The molecule has 125 heavy (non-hydrogen) atoms. The summed E-state index contributed by atoms with van der Waals surface area (Å²) in [5, 5.41) is 32.1. The molecule has 0 spiro atoms. The van der Waals surface area contributed by atoms with Gasteiger partial charge in [0.25, 0.3) is 0 Å².